The van der Waals surface area contributed by atoms with E-state index in [2.05, 4.69) is 45.5 Å². The van der Waals surface area contributed by atoms with Gasteiger partial charge in [0.25, 0.3) is 5.71 Å². The highest BCUT2D eigenvalue weighted by atomic mass is 16.3. The minimum absolute atomic E-state index is 0.117. The summed E-state index contributed by atoms with van der Waals surface area (Å²) in [4.78, 5) is 3.81. The van der Waals surface area contributed by atoms with Gasteiger partial charge in [0.1, 0.15) is 0 Å². The first-order valence-electron chi connectivity index (χ1n) is 12.8. The van der Waals surface area contributed by atoms with Crippen molar-refractivity contribution in [3.8, 4) is 0 Å². The van der Waals surface area contributed by atoms with Gasteiger partial charge in [-0.2, -0.15) is 4.79 Å². The standard InChI is InChI=1S/C27H44N2O/c1-17(2)6-11-25(29-28)18(3)22-9-10-23-21-8-7-19-16-20(30)12-14-26(19,4)24(21)13-15-27(22,23)5/h7,17-18,20-24,30H,6,8-16H2,1-5H3/t18-,20+,21+,22-,23+,24+,26+,27+/m1/s1. The number of hydrogen-bond donors (Lipinski definition) is 1. The molecule has 4 aliphatic rings. The highest BCUT2D eigenvalue weighted by molar-refractivity contribution is 5.81. The molecule has 0 bridgehead atoms. The summed E-state index contributed by atoms with van der Waals surface area (Å²) in [6, 6.07) is 0. The molecule has 0 heterocycles. The summed E-state index contributed by atoms with van der Waals surface area (Å²) in [5.41, 5.74) is 13.1. The van der Waals surface area contributed by atoms with Crippen LogP contribution in [0.15, 0.2) is 11.6 Å². The van der Waals surface area contributed by atoms with Gasteiger partial charge in [-0.05, 0) is 98.2 Å². The lowest BCUT2D eigenvalue weighted by molar-refractivity contribution is -0.0596. The van der Waals surface area contributed by atoms with Crippen LogP contribution < -0.4 is 0 Å². The van der Waals surface area contributed by atoms with Crippen molar-refractivity contribution in [3.05, 3.63) is 17.2 Å². The molecular weight excluding hydrogens is 368 g/mol. The molecule has 0 aromatic carbocycles. The van der Waals surface area contributed by atoms with Crippen LogP contribution in [0.5, 0.6) is 0 Å². The summed E-state index contributed by atoms with van der Waals surface area (Å²) >= 11 is 0. The molecule has 3 heteroatoms. The van der Waals surface area contributed by atoms with E-state index in [4.69, 9.17) is 0 Å². The number of nitrogens with zero attached hydrogens (tertiary/aromatic N) is 2. The Bertz CT molecular complexity index is 735. The van der Waals surface area contributed by atoms with Crippen LogP contribution in [0.2, 0.25) is 0 Å². The third-order valence-electron chi connectivity index (χ3n) is 10.4. The van der Waals surface area contributed by atoms with Gasteiger partial charge in [-0.1, -0.05) is 46.3 Å². The van der Waals surface area contributed by atoms with Gasteiger partial charge >= 0.3 is 0 Å². The SMILES string of the molecule is CC(C)CCC(=[N+]=[N-])[C@H](C)[C@H]1CC[C@H]2[C@@H]3CC=C4C[C@@H](O)CC[C@]4(C)[C@H]3CC[C@@]12C. The predicted octanol–water partition coefficient (Wildman–Crippen LogP) is 6.67. The Morgan fingerprint density at radius 1 is 1.13 bits per heavy atom. The van der Waals surface area contributed by atoms with Crippen molar-refractivity contribution < 1.29 is 9.90 Å². The lowest BCUT2D eigenvalue weighted by atomic mass is 9.47. The molecule has 0 aromatic rings. The summed E-state index contributed by atoms with van der Waals surface area (Å²) in [5.74, 6) is 4.08. The smallest absolute Gasteiger partial charge is 0.271 e. The highest BCUT2D eigenvalue weighted by Gasteiger charge is 2.59. The summed E-state index contributed by atoms with van der Waals surface area (Å²) in [6.45, 7) is 11.9. The first kappa shape index (κ1) is 22.3. The molecule has 0 spiro atoms. The highest BCUT2D eigenvalue weighted by Crippen LogP contribution is 2.67. The number of hydrogen-bond acceptors (Lipinski definition) is 1. The van der Waals surface area contributed by atoms with Crippen LogP contribution in [0.1, 0.15) is 98.8 Å². The van der Waals surface area contributed by atoms with Crippen LogP contribution in [0.4, 0.5) is 0 Å². The molecule has 1 N–H and O–H groups in total. The minimum atomic E-state index is -0.117. The average Bonchev–Trinajstić information content (AvgIpc) is 3.05. The molecule has 8 atom stereocenters. The van der Waals surface area contributed by atoms with E-state index in [1.807, 2.05) is 0 Å². The van der Waals surface area contributed by atoms with Crippen molar-refractivity contribution in [2.45, 2.75) is 105 Å². The normalized spacial score (nSPS) is 43.8. The molecular formula is C27H44N2O. The fourth-order valence-corrected chi connectivity index (χ4v) is 8.54. The van der Waals surface area contributed by atoms with Gasteiger partial charge in [-0.25, -0.2) is 0 Å². The maximum absolute atomic E-state index is 10.2. The van der Waals surface area contributed by atoms with Crippen LogP contribution in [0, 0.1) is 46.3 Å². The number of allylic oxidation sites excluding steroid dienone is 1. The molecule has 0 unspecified atom stereocenters. The second-order valence-corrected chi connectivity index (χ2v) is 12.2. The molecule has 3 saturated carbocycles. The van der Waals surface area contributed by atoms with E-state index < -0.39 is 0 Å². The lowest BCUT2D eigenvalue weighted by Gasteiger charge is -2.58. The number of aliphatic hydroxyl groups excluding tert-OH is 1. The Balaban J connectivity index is 1.55. The van der Waals surface area contributed by atoms with E-state index in [9.17, 15) is 10.6 Å². The van der Waals surface area contributed by atoms with Gasteiger partial charge in [0.05, 0.1) is 12.0 Å². The Morgan fingerprint density at radius 3 is 2.60 bits per heavy atom. The zero-order valence-corrected chi connectivity index (χ0v) is 20.0. The van der Waals surface area contributed by atoms with E-state index in [1.165, 1.54) is 38.5 Å². The monoisotopic (exact) mass is 412 g/mol. The van der Waals surface area contributed by atoms with Crippen molar-refractivity contribution >= 4 is 5.71 Å². The van der Waals surface area contributed by atoms with E-state index >= 15 is 0 Å². The molecule has 30 heavy (non-hydrogen) atoms. The fraction of sp³-hybridized carbons (Fsp3) is 0.889. The maximum atomic E-state index is 10.2. The molecule has 0 amide bonds. The topological polar surface area (TPSA) is 56.6 Å². The van der Waals surface area contributed by atoms with E-state index in [1.54, 1.807) is 5.57 Å². The number of rotatable bonds is 5. The van der Waals surface area contributed by atoms with Crippen molar-refractivity contribution in [1.29, 1.82) is 0 Å². The first-order chi connectivity index (χ1) is 14.2. The Kier molecular flexibility index (Phi) is 6.10. The predicted molar refractivity (Wildman–Crippen MR) is 123 cm³/mol. The molecule has 3 fully saturated rings. The van der Waals surface area contributed by atoms with E-state index in [0.29, 0.717) is 28.6 Å². The van der Waals surface area contributed by atoms with Crippen molar-refractivity contribution in [2.24, 2.45) is 46.3 Å². The molecule has 168 valence electrons. The fourth-order valence-electron chi connectivity index (χ4n) is 8.54. The summed E-state index contributed by atoms with van der Waals surface area (Å²) in [5, 5.41) is 10.2. The van der Waals surface area contributed by atoms with Crippen LogP contribution in [-0.2, 0) is 0 Å². The Morgan fingerprint density at radius 2 is 1.90 bits per heavy atom. The quantitative estimate of drug-likeness (QED) is 0.233. The van der Waals surface area contributed by atoms with Crippen molar-refractivity contribution in [1.82, 2.24) is 0 Å². The molecule has 0 aliphatic heterocycles. The van der Waals surface area contributed by atoms with Gasteiger partial charge in [0.2, 0.25) is 0 Å². The van der Waals surface area contributed by atoms with Gasteiger partial charge in [-0.3, -0.25) is 0 Å². The number of fused-ring (bicyclic) bond motifs is 5. The molecule has 0 aromatic heterocycles. The third-order valence-corrected chi connectivity index (χ3v) is 10.4. The Hall–Kier alpha value is -0.920. The Labute approximate surface area is 184 Å². The van der Waals surface area contributed by atoms with Gasteiger partial charge in [0, 0.05) is 6.42 Å². The van der Waals surface area contributed by atoms with Crippen molar-refractivity contribution in [3.63, 3.8) is 0 Å². The first-order valence-corrected chi connectivity index (χ1v) is 12.8. The van der Waals surface area contributed by atoms with E-state index in [0.717, 1.165) is 49.1 Å². The second-order valence-electron chi connectivity index (χ2n) is 12.2. The van der Waals surface area contributed by atoms with Gasteiger partial charge in [-0.15, -0.1) is 0 Å². The number of aliphatic hydroxyl groups is 1. The summed E-state index contributed by atoms with van der Waals surface area (Å²) < 4.78 is 0. The third kappa shape index (κ3) is 3.55. The zero-order chi connectivity index (χ0) is 21.7. The minimum Gasteiger partial charge on any atom is -0.393 e. The molecule has 0 radical (unpaired) electrons. The van der Waals surface area contributed by atoms with Crippen LogP contribution >= 0.6 is 0 Å². The van der Waals surface area contributed by atoms with Crippen LogP contribution in [0.3, 0.4) is 0 Å². The van der Waals surface area contributed by atoms with Crippen LogP contribution in [-0.4, -0.2) is 21.7 Å². The van der Waals surface area contributed by atoms with Crippen LogP contribution in [0.25, 0.3) is 5.53 Å². The average molecular weight is 413 g/mol. The lowest BCUT2D eigenvalue weighted by Crippen LogP contribution is -2.51. The molecule has 3 nitrogen and oxygen atoms in total. The van der Waals surface area contributed by atoms with E-state index in [-0.39, 0.29) is 6.10 Å². The summed E-state index contributed by atoms with van der Waals surface area (Å²) in [7, 11) is 0. The molecule has 4 rings (SSSR count). The maximum Gasteiger partial charge on any atom is 0.271 e. The van der Waals surface area contributed by atoms with Crippen molar-refractivity contribution in [2.75, 3.05) is 0 Å². The summed E-state index contributed by atoms with van der Waals surface area (Å²) in [6.07, 6.45) is 14.0. The van der Waals surface area contributed by atoms with Gasteiger partial charge < -0.3 is 10.6 Å². The molecule has 0 saturated heterocycles. The second kappa shape index (κ2) is 8.21. The molecule has 4 aliphatic carbocycles. The largest absolute Gasteiger partial charge is 0.393 e. The van der Waals surface area contributed by atoms with Gasteiger partial charge in [0.15, 0.2) is 0 Å². The zero-order valence-electron chi connectivity index (χ0n) is 20.0.